The zero-order valence-electron chi connectivity index (χ0n) is 13.1. The smallest absolute Gasteiger partial charge is 0.238 e. The van der Waals surface area contributed by atoms with Crippen LogP contribution in [-0.4, -0.2) is 12.5 Å². The van der Waals surface area contributed by atoms with E-state index in [4.69, 9.17) is 23.2 Å². The Labute approximate surface area is 147 Å². The number of anilines is 1. The Bertz CT molecular complexity index is 659. The molecule has 2 aromatic rings. The second-order valence-electron chi connectivity index (χ2n) is 5.66. The maximum Gasteiger partial charge on any atom is 0.238 e. The lowest BCUT2D eigenvalue weighted by molar-refractivity contribution is -0.115. The Kier molecular flexibility index (Phi) is 6.46. The molecule has 122 valence electrons. The molecule has 5 heteroatoms. The maximum atomic E-state index is 12.2. The normalized spacial score (nSPS) is 12.2. The van der Waals surface area contributed by atoms with Crippen LogP contribution in [0.25, 0.3) is 0 Å². The molecule has 0 aliphatic carbocycles. The van der Waals surface area contributed by atoms with Gasteiger partial charge < -0.3 is 10.6 Å². The second-order valence-corrected chi connectivity index (χ2v) is 6.45. The van der Waals surface area contributed by atoms with Gasteiger partial charge in [0.15, 0.2) is 0 Å². The summed E-state index contributed by atoms with van der Waals surface area (Å²) < 4.78 is 0. The molecule has 0 aliphatic rings. The van der Waals surface area contributed by atoms with Gasteiger partial charge in [0.25, 0.3) is 0 Å². The number of hydrogen-bond acceptors (Lipinski definition) is 2. The standard InChI is InChI=1S/C18H20Cl2N2O/c1-12(2)18(13-7-4-3-5-8-13)21-11-16(23)22-15-10-6-9-14(19)17(15)20/h3-10,12,18,21H,11H2,1-2H3,(H,22,23)/t18-/m1/s1. The average molecular weight is 351 g/mol. The van der Waals surface area contributed by atoms with Gasteiger partial charge >= 0.3 is 0 Å². The van der Waals surface area contributed by atoms with Crippen molar-refractivity contribution in [1.82, 2.24) is 5.32 Å². The first-order chi connectivity index (χ1) is 11.0. The van der Waals surface area contributed by atoms with Crippen LogP contribution in [0.2, 0.25) is 10.0 Å². The van der Waals surface area contributed by atoms with E-state index in [1.54, 1.807) is 18.2 Å². The van der Waals surface area contributed by atoms with Crippen LogP contribution in [0.4, 0.5) is 5.69 Å². The van der Waals surface area contributed by atoms with E-state index in [2.05, 4.69) is 36.6 Å². The van der Waals surface area contributed by atoms with E-state index in [1.807, 2.05) is 18.2 Å². The van der Waals surface area contributed by atoms with Crippen molar-refractivity contribution < 1.29 is 4.79 Å². The van der Waals surface area contributed by atoms with Crippen molar-refractivity contribution in [2.24, 2.45) is 5.92 Å². The number of rotatable bonds is 6. The fourth-order valence-electron chi connectivity index (χ4n) is 2.40. The van der Waals surface area contributed by atoms with Crippen molar-refractivity contribution in [3.8, 4) is 0 Å². The van der Waals surface area contributed by atoms with Crippen molar-refractivity contribution in [1.29, 1.82) is 0 Å². The lowest BCUT2D eigenvalue weighted by Gasteiger charge is -2.22. The van der Waals surface area contributed by atoms with Gasteiger partial charge in [0.1, 0.15) is 0 Å². The Hall–Kier alpha value is -1.55. The molecule has 0 saturated carbocycles. The summed E-state index contributed by atoms with van der Waals surface area (Å²) >= 11 is 12.0. The van der Waals surface area contributed by atoms with E-state index < -0.39 is 0 Å². The first-order valence-corrected chi connectivity index (χ1v) is 8.27. The number of amides is 1. The molecule has 0 aliphatic heterocycles. The molecular formula is C18H20Cl2N2O. The maximum absolute atomic E-state index is 12.2. The van der Waals surface area contributed by atoms with Gasteiger partial charge in [0, 0.05) is 6.04 Å². The lowest BCUT2D eigenvalue weighted by atomic mass is 9.96. The van der Waals surface area contributed by atoms with Crippen LogP contribution in [0.3, 0.4) is 0 Å². The topological polar surface area (TPSA) is 41.1 Å². The summed E-state index contributed by atoms with van der Waals surface area (Å²) in [6.07, 6.45) is 0. The molecule has 0 radical (unpaired) electrons. The van der Waals surface area contributed by atoms with Crippen molar-refractivity contribution in [2.45, 2.75) is 19.9 Å². The predicted octanol–water partition coefficient (Wildman–Crippen LogP) is 4.92. The largest absolute Gasteiger partial charge is 0.324 e. The SMILES string of the molecule is CC(C)[C@@H](NCC(=O)Nc1cccc(Cl)c1Cl)c1ccccc1. The van der Waals surface area contributed by atoms with Gasteiger partial charge in [-0.2, -0.15) is 0 Å². The van der Waals surface area contributed by atoms with Gasteiger partial charge in [0.2, 0.25) is 5.91 Å². The number of halogens is 2. The second kappa shape index (κ2) is 8.34. The summed E-state index contributed by atoms with van der Waals surface area (Å²) in [6.45, 7) is 4.44. The summed E-state index contributed by atoms with van der Waals surface area (Å²) in [5, 5.41) is 6.85. The van der Waals surface area contributed by atoms with Crippen molar-refractivity contribution in [3.63, 3.8) is 0 Å². The van der Waals surface area contributed by atoms with Gasteiger partial charge in [-0.25, -0.2) is 0 Å². The first kappa shape index (κ1) is 17.8. The van der Waals surface area contributed by atoms with E-state index in [0.29, 0.717) is 21.7 Å². The Morgan fingerprint density at radius 3 is 2.39 bits per heavy atom. The highest BCUT2D eigenvalue weighted by atomic mass is 35.5. The summed E-state index contributed by atoms with van der Waals surface area (Å²) in [5.41, 5.74) is 1.68. The highest BCUT2D eigenvalue weighted by molar-refractivity contribution is 6.43. The van der Waals surface area contributed by atoms with E-state index in [0.717, 1.165) is 5.56 Å². The highest BCUT2D eigenvalue weighted by Gasteiger charge is 2.16. The monoisotopic (exact) mass is 350 g/mol. The zero-order valence-corrected chi connectivity index (χ0v) is 14.7. The van der Waals surface area contributed by atoms with Crippen LogP contribution in [0.5, 0.6) is 0 Å². The molecule has 2 aromatic carbocycles. The Balaban J connectivity index is 1.98. The van der Waals surface area contributed by atoms with E-state index in [1.165, 1.54) is 0 Å². The van der Waals surface area contributed by atoms with Gasteiger partial charge in [-0.1, -0.05) is 73.4 Å². The van der Waals surface area contributed by atoms with Crippen LogP contribution < -0.4 is 10.6 Å². The molecule has 1 amide bonds. The van der Waals surface area contributed by atoms with E-state index >= 15 is 0 Å². The number of hydrogen-bond donors (Lipinski definition) is 2. The average Bonchev–Trinajstić information content (AvgIpc) is 2.53. The highest BCUT2D eigenvalue weighted by Crippen LogP contribution is 2.29. The molecule has 0 heterocycles. The van der Waals surface area contributed by atoms with Crippen molar-refractivity contribution in [2.75, 3.05) is 11.9 Å². The third kappa shape index (κ3) is 4.96. The molecule has 0 bridgehead atoms. The molecule has 0 aromatic heterocycles. The summed E-state index contributed by atoms with van der Waals surface area (Å²) in [5.74, 6) is 0.204. The predicted molar refractivity (Wildman–Crippen MR) is 97.1 cm³/mol. The van der Waals surface area contributed by atoms with Crippen LogP contribution in [0, 0.1) is 5.92 Å². The van der Waals surface area contributed by atoms with Gasteiger partial charge in [-0.3, -0.25) is 4.79 Å². The van der Waals surface area contributed by atoms with Crippen LogP contribution in [0.15, 0.2) is 48.5 Å². The third-order valence-corrected chi connectivity index (χ3v) is 4.35. The molecule has 0 spiro atoms. The van der Waals surface area contributed by atoms with Crippen molar-refractivity contribution in [3.05, 3.63) is 64.1 Å². The Morgan fingerprint density at radius 2 is 1.74 bits per heavy atom. The van der Waals surface area contributed by atoms with Gasteiger partial charge in [0.05, 0.1) is 22.3 Å². The van der Waals surface area contributed by atoms with Crippen LogP contribution in [-0.2, 0) is 4.79 Å². The fourth-order valence-corrected chi connectivity index (χ4v) is 2.74. The van der Waals surface area contributed by atoms with Gasteiger partial charge in [-0.05, 0) is 23.6 Å². The quantitative estimate of drug-likeness (QED) is 0.776. The number of carbonyl (C=O) groups is 1. The van der Waals surface area contributed by atoms with Crippen LogP contribution in [0.1, 0.15) is 25.5 Å². The molecule has 0 unspecified atom stereocenters. The van der Waals surface area contributed by atoms with Crippen LogP contribution >= 0.6 is 23.2 Å². The Morgan fingerprint density at radius 1 is 1.04 bits per heavy atom. The van der Waals surface area contributed by atoms with Gasteiger partial charge in [-0.15, -0.1) is 0 Å². The molecule has 2 rings (SSSR count). The fraction of sp³-hybridized carbons (Fsp3) is 0.278. The first-order valence-electron chi connectivity index (χ1n) is 7.51. The summed E-state index contributed by atoms with van der Waals surface area (Å²) in [4.78, 5) is 12.2. The number of carbonyl (C=O) groups excluding carboxylic acids is 1. The number of benzene rings is 2. The molecule has 0 saturated heterocycles. The van der Waals surface area contributed by atoms with E-state index in [9.17, 15) is 4.79 Å². The minimum absolute atomic E-state index is 0.108. The minimum Gasteiger partial charge on any atom is -0.324 e. The molecule has 2 N–H and O–H groups in total. The summed E-state index contributed by atoms with van der Waals surface area (Å²) in [6, 6.07) is 15.4. The molecule has 3 nitrogen and oxygen atoms in total. The summed E-state index contributed by atoms with van der Waals surface area (Å²) in [7, 11) is 0. The van der Waals surface area contributed by atoms with E-state index in [-0.39, 0.29) is 18.5 Å². The number of nitrogens with one attached hydrogen (secondary N) is 2. The lowest BCUT2D eigenvalue weighted by Crippen LogP contribution is -2.33. The van der Waals surface area contributed by atoms with Crippen molar-refractivity contribution >= 4 is 34.8 Å². The molecular weight excluding hydrogens is 331 g/mol. The molecule has 0 fully saturated rings. The minimum atomic E-state index is -0.157. The molecule has 1 atom stereocenters. The molecule has 23 heavy (non-hydrogen) atoms. The zero-order chi connectivity index (χ0) is 16.8. The third-order valence-electron chi connectivity index (χ3n) is 3.53.